The van der Waals surface area contributed by atoms with Crippen LogP contribution in [0.4, 0.5) is 5.69 Å². The third-order valence-corrected chi connectivity index (χ3v) is 6.50. The molecule has 7 heteroatoms. The van der Waals surface area contributed by atoms with Crippen LogP contribution in [0.5, 0.6) is 0 Å². The molecule has 0 saturated heterocycles. The predicted molar refractivity (Wildman–Crippen MR) is 93.4 cm³/mol. The van der Waals surface area contributed by atoms with Gasteiger partial charge in [0, 0.05) is 18.3 Å². The van der Waals surface area contributed by atoms with Gasteiger partial charge >= 0.3 is 0 Å². The number of hydrogen-bond acceptors (Lipinski definition) is 4. The fraction of sp³-hybridized carbons (Fsp3) is 0.312. The fourth-order valence-electron chi connectivity index (χ4n) is 2.06. The standard InChI is InChI=1S/C16H20N2O3S2/c1-11-5-4-6-15(12(11)2)18-23(20,21)16-8-7-14(22-16)9-10-17-13(3)19/h4-8,18H,9-10H2,1-3H3,(H,17,19). The highest BCUT2D eigenvalue weighted by Gasteiger charge is 2.18. The molecule has 0 spiro atoms. The number of amides is 1. The molecule has 0 bridgehead atoms. The maximum Gasteiger partial charge on any atom is 0.271 e. The molecular weight excluding hydrogens is 332 g/mol. The maximum atomic E-state index is 12.5. The Hall–Kier alpha value is -1.86. The minimum atomic E-state index is -3.59. The highest BCUT2D eigenvalue weighted by atomic mass is 32.2. The van der Waals surface area contributed by atoms with Crippen molar-refractivity contribution >= 4 is 33.0 Å². The summed E-state index contributed by atoms with van der Waals surface area (Å²) in [5.41, 5.74) is 2.55. The van der Waals surface area contributed by atoms with Crippen LogP contribution in [0, 0.1) is 13.8 Å². The third kappa shape index (κ3) is 4.56. The second-order valence-electron chi connectivity index (χ2n) is 5.31. The number of nitrogens with one attached hydrogen (secondary N) is 2. The Bertz CT molecular complexity index is 810. The number of aryl methyl sites for hydroxylation is 1. The predicted octanol–water partition coefficient (Wildman–Crippen LogP) is 2.84. The first-order valence-corrected chi connectivity index (χ1v) is 9.52. The Kier molecular flexibility index (Phi) is 5.43. The number of thiophene rings is 1. The zero-order chi connectivity index (χ0) is 17.0. The topological polar surface area (TPSA) is 75.3 Å². The van der Waals surface area contributed by atoms with E-state index in [1.807, 2.05) is 26.0 Å². The van der Waals surface area contributed by atoms with Crippen LogP contribution in [0.3, 0.4) is 0 Å². The average molecular weight is 352 g/mol. The summed E-state index contributed by atoms with van der Waals surface area (Å²) in [6.07, 6.45) is 0.614. The minimum Gasteiger partial charge on any atom is -0.356 e. The van der Waals surface area contributed by atoms with E-state index in [0.29, 0.717) is 18.7 Å². The van der Waals surface area contributed by atoms with Crippen LogP contribution in [-0.4, -0.2) is 20.9 Å². The van der Waals surface area contributed by atoms with Crippen molar-refractivity contribution in [3.05, 3.63) is 46.3 Å². The molecule has 0 fully saturated rings. The van der Waals surface area contributed by atoms with Gasteiger partial charge in [-0.25, -0.2) is 8.42 Å². The van der Waals surface area contributed by atoms with Gasteiger partial charge in [0.25, 0.3) is 10.0 Å². The lowest BCUT2D eigenvalue weighted by molar-refractivity contribution is -0.118. The van der Waals surface area contributed by atoms with Crippen molar-refractivity contribution in [3.8, 4) is 0 Å². The number of rotatable bonds is 6. The van der Waals surface area contributed by atoms with E-state index in [-0.39, 0.29) is 10.1 Å². The van der Waals surface area contributed by atoms with Crippen molar-refractivity contribution in [2.24, 2.45) is 0 Å². The number of benzene rings is 1. The molecule has 23 heavy (non-hydrogen) atoms. The highest BCUT2D eigenvalue weighted by Crippen LogP contribution is 2.26. The molecule has 2 aromatic rings. The molecule has 5 nitrogen and oxygen atoms in total. The smallest absolute Gasteiger partial charge is 0.271 e. The normalized spacial score (nSPS) is 11.3. The highest BCUT2D eigenvalue weighted by molar-refractivity contribution is 7.94. The van der Waals surface area contributed by atoms with Gasteiger partial charge in [-0.15, -0.1) is 11.3 Å². The van der Waals surface area contributed by atoms with Crippen molar-refractivity contribution < 1.29 is 13.2 Å². The van der Waals surface area contributed by atoms with Gasteiger partial charge in [-0.05, 0) is 49.6 Å². The van der Waals surface area contributed by atoms with E-state index in [0.717, 1.165) is 16.0 Å². The SMILES string of the molecule is CC(=O)NCCc1ccc(S(=O)(=O)Nc2cccc(C)c2C)s1. The second kappa shape index (κ2) is 7.14. The van der Waals surface area contributed by atoms with E-state index in [4.69, 9.17) is 0 Å². The van der Waals surface area contributed by atoms with Crippen LogP contribution in [0.15, 0.2) is 34.5 Å². The van der Waals surface area contributed by atoms with Crippen LogP contribution in [0.1, 0.15) is 22.9 Å². The van der Waals surface area contributed by atoms with Gasteiger partial charge in [0.15, 0.2) is 0 Å². The lowest BCUT2D eigenvalue weighted by Gasteiger charge is -2.10. The molecule has 2 rings (SSSR count). The van der Waals surface area contributed by atoms with Crippen molar-refractivity contribution in [1.82, 2.24) is 5.32 Å². The van der Waals surface area contributed by atoms with E-state index >= 15 is 0 Å². The van der Waals surface area contributed by atoms with E-state index in [2.05, 4.69) is 10.0 Å². The van der Waals surface area contributed by atoms with E-state index in [1.165, 1.54) is 18.3 Å². The minimum absolute atomic E-state index is 0.0917. The zero-order valence-corrected chi connectivity index (χ0v) is 15.0. The van der Waals surface area contributed by atoms with Gasteiger partial charge < -0.3 is 5.32 Å². The molecule has 0 unspecified atom stereocenters. The Labute approximate surface area is 140 Å². The summed E-state index contributed by atoms with van der Waals surface area (Å²) in [6, 6.07) is 8.91. The Morgan fingerprint density at radius 1 is 1.17 bits per heavy atom. The van der Waals surface area contributed by atoms with Gasteiger partial charge in [-0.2, -0.15) is 0 Å². The first-order chi connectivity index (χ1) is 10.8. The maximum absolute atomic E-state index is 12.5. The quantitative estimate of drug-likeness (QED) is 0.839. The molecule has 0 saturated carbocycles. The monoisotopic (exact) mass is 352 g/mol. The Morgan fingerprint density at radius 3 is 2.61 bits per heavy atom. The number of anilines is 1. The molecule has 1 amide bonds. The first kappa shape index (κ1) is 17.5. The van der Waals surface area contributed by atoms with Gasteiger partial charge in [0.05, 0.1) is 5.69 Å². The molecule has 2 N–H and O–H groups in total. The molecule has 1 heterocycles. The fourth-order valence-corrected chi connectivity index (χ4v) is 4.53. The molecule has 0 radical (unpaired) electrons. The van der Waals surface area contributed by atoms with E-state index in [9.17, 15) is 13.2 Å². The van der Waals surface area contributed by atoms with Crippen LogP contribution in [0.2, 0.25) is 0 Å². The molecule has 0 aliphatic heterocycles. The van der Waals surface area contributed by atoms with E-state index < -0.39 is 10.0 Å². The number of carbonyl (C=O) groups is 1. The largest absolute Gasteiger partial charge is 0.356 e. The molecule has 1 aromatic carbocycles. The summed E-state index contributed by atoms with van der Waals surface area (Å²) in [6.45, 7) is 5.79. The first-order valence-electron chi connectivity index (χ1n) is 7.22. The summed E-state index contributed by atoms with van der Waals surface area (Å²) < 4.78 is 27.9. The molecule has 0 aliphatic carbocycles. The van der Waals surface area contributed by atoms with Crippen molar-refractivity contribution in [2.75, 3.05) is 11.3 Å². The summed E-state index contributed by atoms with van der Waals surface area (Å²) in [7, 11) is -3.59. The molecule has 0 aliphatic rings. The Balaban J connectivity index is 2.12. The molecular formula is C16H20N2O3S2. The van der Waals surface area contributed by atoms with Crippen molar-refractivity contribution in [3.63, 3.8) is 0 Å². The average Bonchev–Trinajstić information content (AvgIpc) is 2.93. The molecule has 124 valence electrons. The lowest BCUT2D eigenvalue weighted by atomic mass is 10.1. The second-order valence-corrected chi connectivity index (χ2v) is 8.38. The summed E-state index contributed by atoms with van der Waals surface area (Å²) in [5, 5.41) is 2.70. The van der Waals surface area contributed by atoms with Crippen molar-refractivity contribution in [1.29, 1.82) is 0 Å². The lowest BCUT2D eigenvalue weighted by Crippen LogP contribution is -2.22. The van der Waals surface area contributed by atoms with Crippen LogP contribution < -0.4 is 10.0 Å². The van der Waals surface area contributed by atoms with Gasteiger partial charge in [-0.1, -0.05) is 12.1 Å². The van der Waals surface area contributed by atoms with Gasteiger partial charge in [0.1, 0.15) is 4.21 Å². The van der Waals surface area contributed by atoms with Crippen LogP contribution >= 0.6 is 11.3 Å². The zero-order valence-electron chi connectivity index (χ0n) is 13.3. The van der Waals surface area contributed by atoms with E-state index in [1.54, 1.807) is 18.2 Å². The van der Waals surface area contributed by atoms with Gasteiger partial charge in [0.2, 0.25) is 5.91 Å². The molecule has 1 aromatic heterocycles. The number of sulfonamides is 1. The molecule has 0 atom stereocenters. The van der Waals surface area contributed by atoms with Gasteiger partial charge in [-0.3, -0.25) is 9.52 Å². The summed E-state index contributed by atoms with van der Waals surface area (Å²) >= 11 is 1.22. The Morgan fingerprint density at radius 2 is 1.91 bits per heavy atom. The van der Waals surface area contributed by atoms with Crippen LogP contribution in [-0.2, 0) is 21.2 Å². The number of hydrogen-bond donors (Lipinski definition) is 2. The third-order valence-electron chi connectivity index (χ3n) is 3.50. The van der Waals surface area contributed by atoms with Crippen molar-refractivity contribution in [2.45, 2.75) is 31.4 Å². The van der Waals surface area contributed by atoms with Crippen LogP contribution in [0.25, 0.3) is 0 Å². The number of carbonyl (C=O) groups excluding carboxylic acids is 1. The summed E-state index contributed by atoms with van der Waals surface area (Å²) in [5.74, 6) is -0.0917. The summed E-state index contributed by atoms with van der Waals surface area (Å²) in [4.78, 5) is 11.8.